The standard InChI is InChI=1S/C10H14N2O3S/c1-3-12(10-11-5-6-16-10)8(13)7-9(14)15-4-2/h5-6H,3-4,7H2,1-2H3. The smallest absolute Gasteiger partial charge is 0.315 e. The molecule has 1 amide bonds. The van der Waals surface area contributed by atoms with Gasteiger partial charge < -0.3 is 4.74 Å². The maximum absolute atomic E-state index is 11.7. The largest absolute Gasteiger partial charge is 0.466 e. The van der Waals surface area contributed by atoms with E-state index in [4.69, 9.17) is 4.74 Å². The lowest BCUT2D eigenvalue weighted by Gasteiger charge is -2.16. The minimum atomic E-state index is -0.498. The van der Waals surface area contributed by atoms with Gasteiger partial charge in [-0.25, -0.2) is 4.98 Å². The molecule has 1 aromatic heterocycles. The Bertz CT molecular complexity index is 351. The first-order valence-corrected chi connectivity index (χ1v) is 5.92. The lowest BCUT2D eigenvalue weighted by Crippen LogP contribution is -2.32. The number of anilines is 1. The van der Waals surface area contributed by atoms with E-state index in [0.29, 0.717) is 11.7 Å². The molecule has 1 aromatic rings. The Morgan fingerprint density at radius 3 is 2.75 bits per heavy atom. The summed E-state index contributed by atoms with van der Waals surface area (Å²) in [5.41, 5.74) is 0. The second-order valence-corrected chi connectivity index (χ2v) is 3.81. The molecule has 0 radical (unpaired) electrons. The van der Waals surface area contributed by atoms with Crippen molar-refractivity contribution in [3.63, 3.8) is 0 Å². The van der Waals surface area contributed by atoms with Crippen LogP contribution in [0.2, 0.25) is 0 Å². The van der Waals surface area contributed by atoms with E-state index >= 15 is 0 Å². The lowest BCUT2D eigenvalue weighted by molar-refractivity contribution is -0.145. The molecule has 0 aliphatic rings. The zero-order chi connectivity index (χ0) is 12.0. The number of thiazole rings is 1. The minimum absolute atomic E-state index is 0.235. The van der Waals surface area contributed by atoms with Gasteiger partial charge in [0.15, 0.2) is 5.13 Å². The fourth-order valence-corrected chi connectivity index (χ4v) is 1.92. The van der Waals surface area contributed by atoms with Gasteiger partial charge >= 0.3 is 5.97 Å². The fourth-order valence-electron chi connectivity index (χ4n) is 1.20. The van der Waals surface area contributed by atoms with Crippen LogP contribution in [-0.4, -0.2) is 30.0 Å². The van der Waals surface area contributed by atoms with E-state index in [1.807, 2.05) is 6.92 Å². The first-order chi connectivity index (χ1) is 7.69. The third-order valence-electron chi connectivity index (χ3n) is 1.87. The zero-order valence-corrected chi connectivity index (χ0v) is 10.1. The van der Waals surface area contributed by atoms with E-state index in [9.17, 15) is 9.59 Å². The number of carbonyl (C=O) groups is 2. The number of aromatic nitrogens is 1. The number of ether oxygens (including phenoxy) is 1. The Balaban J connectivity index is 2.60. The summed E-state index contributed by atoms with van der Waals surface area (Å²) in [5, 5.41) is 2.40. The average molecular weight is 242 g/mol. The summed E-state index contributed by atoms with van der Waals surface area (Å²) in [6.45, 7) is 4.33. The predicted octanol–water partition coefficient (Wildman–Crippen LogP) is 1.45. The monoisotopic (exact) mass is 242 g/mol. The van der Waals surface area contributed by atoms with Gasteiger partial charge in [0.05, 0.1) is 6.61 Å². The molecule has 0 fully saturated rings. The van der Waals surface area contributed by atoms with Crippen LogP contribution in [0.4, 0.5) is 5.13 Å². The quantitative estimate of drug-likeness (QED) is 0.579. The second-order valence-electron chi connectivity index (χ2n) is 2.93. The lowest BCUT2D eigenvalue weighted by atomic mass is 10.3. The van der Waals surface area contributed by atoms with Gasteiger partial charge in [-0.15, -0.1) is 11.3 Å². The minimum Gasteiger partial charge on any atom is -0.466 e. The van der Waals surface area contributed by atoms with Crippen LogP contribution in [0.15, 0.2) is 11.6 Å². The highest BCUT2D eigenvalue weighted by atomic mass is 32.1. The maximum Gasteiger partial charge on any atom is 0.315 e. The number of hydrogen-bond acceptors (Lipinski definition) is 5. The van der Waals surface area contributed by atoms with Crippen molar-refractivity contribution in [3.05, 3.63) is 11.6 Å². The molecule has 0 N–H and O–H groups in total. The summed E-state index contributed by atoms with van der Waals surface area (Å²) >= 11 is 1.37. The van der Waals surface area contributed by atoms with E-state index in [2.05, 4.69) is 4.98 Å². The number of hydrogen-bond donors (Lipinski definition) is 0. The molecular weight excluding hydrogens is 228 g/mol. The Morgan fingerprint density at radius 1 is 1.50 bits per heavy atom. The number of nitrogens with zero attached hydrogens (tertiary/aromatic N) is 2. The third kappa shape index (κ3) is 3.30. The van der Waals surface area contributed by atoms with Gasteiger partial charge in [0, 0.05) is 18.1 Å². The van der Waals surface area contributed by atoms with Crippen LogP contribution in [0.5, 0.6) is 0 Å². The first-order valence-electron chi connectivity index (χ1n) is 5.04. The van der Waals surface area contributed by atoms with Gasteiger partial charge in [-0.3, -0.25) is 14.5 Å². The first kappa shape index (κ1) is 12.6. The Hall–Kier alpha value is -1.43. The molecule has 88 valence electrons. The van der Waals surface area contributed by atoms with E-state index in [-0.39, 0.29) is 18.9 Å². The number of carbonyl (C=O) groups excluding carboxylic acids is 2. The van der Waals surface area contributed by atoms with Gasteiger partial charge in [-0.2, -0.15) is 0 Å². The molecule has 0 aromatic carbocycles. The molecule has 0 aliphatic heterocycles. The van der Waals surface area contributed by atoms with Gasteiger partial charge in [0.2, 0.25) is 5.91 Å². The number of rotatable bonds is 5. The zero-order valence-electron chi connectivity index (χ0n) is 9.30. The van der Waals surface area contributed by atoms with Crippen LogP contribution in [0.25, 0.3) is 0 Å². The fraction of sp³-hybridized carbons (Fsp3) is 0.500. The van der Waals surface area contributed by atoms with Crippen molar-refractivity contribution in [3.8, 4) is 0 Å². The molecule has 1 rings (SSSR count). The van der Waals surface area contributed by atoms with Crippen LogP contribution >= 0.6 is 11.3 Å². The van der Waals surface area contributed by atoms with E-state index < -0.39 is 5.97 Å². The average Bonchev–Trinajstić information content (AvgIpc) is 2.72. The SMILES string of the molecule is CCOC(=O)CC(=O)N(CC)c1nccs1. The molecule has 0 saturated carbocycles. The molecule has 16 heavy (non-hydrogen) atoms. The van der Waals surface area contributed by atoms with Crippen molar-refractivity contribution in [2.75, 3.05) is 18.1 Å². The van der Waals surface area contributed by atoms with Crippen LogP contribution < -0.4 is 4.90 Å². The summed E-state index contributed by atoms with van der Waals surface area (Å²) in [7, 11) is 0. The van der Waals surface area contributed by atoms with Crippen LogP contribution in [-0.2, 0) is 14.3 Å². The van der Waals surface area contributed by atoms with Crippen LogP contribution in [0.1, 0.15) is 20.3 Å². The van der Waals surface area contributed by atoms with Gasteiger partial charge in [-0.1, -0.05) is 0 Å². The number of amides is 1. The summed E-state index contributed by atoms with van der Waals surface area (Å²) < 4.78 is 4.72. The Morgan fingerprint density at radius 2 is 2.25 bits per heavy atom. The van der Waals surface area contributed by atoms with E-state index in [0.717, 1.165) is 0 Å². The third-order valence-corrected chi connectivity index (χ3v) is 2.66. The van der Waals surface area contributed by atoms with Crippen molar-refractivity contribution in [1.29, 1.82) is 0 Å². The molecule has 5 nitrogen and oxygen atoms in total. The Kier molecular flexibility index (Phi) is 4.91. The van der Waals surface area contributed by atoms with Gasteiger partial charge in [-0.05, 0) is 13.8 Å². The number of esters is 1. The molecule has 1 heterocycles. The van der Waals surface area contributed by atoms with E-state index in [1.165, 1.54) is 16.2 Å². The van der Waals surface area contributed by atoms with Gasteiger partial charge in [0.1, 0.15) is 6.42 Å². The summed E-state index contributed by atoms with van der Waals surface area (Å²) in [5.74, 6) is -0.779. The normalized spacial score (nSPS) is 9.88. The molecule has 0 saturated heterocycles. The highest BCUT2D eigenvalue weighted by Crippen LogP contribution is 2.17. The molecule has 0 unspecified atom stereocenters. The topological polar surface area (TPSA) is 59.5 Å². The Labute approximate surface area is 98.0 Å². The predicted molar refractivity (Wildman–Crippen MR) is 61.4 cm³/mol. The molecular formula is C10H14N2O3S. The van der Waals surface area contributed by atoms with Crippen molar-refractivity contribution >= 4 is 28.3 Å². The van der Waals surface area contributed by atoms with Crippen LogP contribution in [0, 0.1) is 0 Å². The molecule has 0 aliphatic carbocycles. The second kappa shape index (κ2) is 6.22. The van der Waals surface area contributed by atoms with Crippen molar-refractivity contribution in [1.82, 2.24) is 4.98 Å². The maximum atomic E-state index is 11.7. The summed E-state index contributed by atoms with van der Waals surface area (Å²) in [4.78, 5) is 28.4. The van der Waals surface area contributed by atoms with Crippen molar-refractivity contribution in [2.45, 2.75) is 20.3 Å². The molecule has 0 bridgehead atoms. The summed E-state index contributed by atoms with van der Waals surface area (Å²) in [6.07, 6.45) is 1.39. The molecule has 0 spiro atoms. The van der Waals surface area contributed by atoms with Gasteiger partial charge in [0.25, 0.3) is 0 Å². The van der Waals surface area contributed by atoms with Crippen LogP contribution in [0.3, 0.4) is 0 Å². The molecule has 6 heteroatoms. The van der Waals surface area contributed by atoms with Crippen molar-refractivity contribution < 1.29 is 14.3 Å². The highest BCUT2D eigenvalue weighted by molar-refractivity contribution is 7.13. The summed E-state index contributed by atoms with van der Waals surface area (Å²) in [6, 6.07) is 0. The van der Waals surface area contributed by atoms with Crippen molar-refractivity contribution in [2.24, 2.45) is 0 Å². The highest BCUT2D eigenvalue weighted by Gasteiger charge is 2.19. The van der Waals surface area contributed by atoms with E-state index in [1.54, 1.807) is 18.5 Å². The molecule has 0 atom stereocenters.